The molecule has 154 valence electrons. The van der Waals surface area contributed by atoms with Gasteiger partial charge in [0.1, 0.15) is 16.5 Å². The maximum atomic E-state index is 13.3. The molecule has 3 N–H and O–H groups in total. The number of thiophene rings is 1. The average Bonchev–Trinajstić information content (AvgIpc) is 3.30. The SMILES string of the molecule is Cc1cc(-c2cc(C(=O)Nc3sc(C)c(C)c3C(N)=O)c3c(C)noc3n2)c(C)o1. The molecule has 0 saturated carbocycles. The predicted octanol–water partition coefficient (Wildman–Crippen LogP) is 4.44. The minimum atomic E-state index is -0.585. The molecule has 9 heteroatoms. The number of fused-ring (bicyclic) bond motifs is 1. The van der Waals surface area contributed by atoms with Crippen molar-refractivity contribution in [1.82, 2.24) is 10.1 Å². The summed E-state index contributed by atoms with van der Waals surface area (Å²) in [6.07, 6.45) is 0. The Morgan fingerprint density at radius 1 is 1.13 bits per heavy atom. The predicted molar refractivity (Wildman–Crippen MR) is 114 cm³/mol. The Hall–Kier alpha value is -3.46. The van der Waals surface area contributed by atoms with E-state index in [0.717, 1.165) is 21.8 Å². The van der Waals surface area contributed by atoms with Crippen LogP contribution in [-0.4, -0.2) is 22.0 Å². The van der Waals surface area contributed by atoms with Gasteiger partial charge in [-0.1, -0.05) is 5.16 Å². The van der Waals surface area contributed by atoms with E-state index >= 15 is 0 Å². The van der Waals surface area contributed by atoms with Crippen LogP contribution in [0.15, 0.2) is 21.1 Å². The lowest BCUT2D eigenvalue weighted by atomic mass is 10.1. The topological polar surface area (TPSA) is 124 Å². The molecule has 8 nitrogen and oxygen atoms in total. The van der Waals surface area contributed by atoms with Gasteiger partial charge in [0.25, 0.3) is 17.5 Å². The number of furan rings is 1. The van der Waals surface area contributed by atoms with Crippen molar-refractivity contribution < 1.29 is 18.5 Å². The molecule has 0 radical (unpaired) electrons. The molecule has 0 aliphatic heterocycles. The molecular formula is C21H20N4O4S. The summed E-state index contributed by atoms with van der Waals surface area (Å²) < 4.78 is 10.9. The lowest BCUT2D eigenvalue weighted by Gasteiger charge is -2.08. The Kier molecular flexibility index (Phi) is 4.70. The van der Waals surface area contributed by atoms with Gasteiger partial charge in [0, 0.05) is 10.4 Å². The fourth-order valence-corrected chi connectivity index (χ4v) is 4.54. The van der Waals surface area contributed by atoms with E-state index < -0.39 is 11.8 Å². The smallest absolute Gasteiger partial charge is 0.259 e. The van der Waals surface area contributed by atoms with E-state index in [1.807, 2.05) is 26.8 Å². The molecule has 0 unspecified atom stereocenters. The minimum absolute atomic E-state index is 0.252. The van der Waals surface area contributed by atoms with Crippen LogP contribution in [0, 0.1) is 34.6 Å². The van der Waals surface area contributed by atoms with Crippen LogP contribution in [0.5, 0.6) is 0 Å². The molecule has 4 heterocycles. The maximum absolute atomic E-state index is 13.3. The molecule has 0 aliphatic rings. The molecule has 0 atom stereocenters. The third kappa shape index (κ3) is 3.17. The first-order valence-electron chi connectivity index (χ1n) is 9.23. The average molecular weight is 424 g/mol. The molecule has 0 aliphatic carbocycles. The summed E-state index contributed by atoms with van der Waals surface area (Å²) in [6, 6.07) is 3.53. The zero-order valence-corrected chi connectivity index (χ0v) is 18.0. The lowest BCUT2D eigenvalue weighted by Crippen LogP contribution is -2.18. The monoisotopic (exact) mass is 424 g/mol. The molecule has 4 aromatic rings. The zero-order chi connectivity index (χ0) is 21.7. The second-order valence-corrected chi connectivity index (χ2v) is 8.36. The molecule has 0 fully saturated rings. The first-order chi connectivity index (χ1) is 14.2. The van der Waals surface area contributed by atoms with E-state index in [9.17, 15) is 9.59 Å². The summed E-state index contributed by atoms with van der Waals surface area (Å²) in [5.74, 6) is 0.428. The normalized spacial score (nSPS) is 11.2. The number of nitrogens with zero attached hydrogens (tertiary/aromatic N) is 2. The van der Waals surface area contributed by atoms with E-state index in [-0.39, 0.29) is 5.71 Å². The van der Waals surface area contributed by atoms with Crippen molar-refractivity contribution in [2.24, 2.45) is 5.73 Å². The molecule has 0 bridgehead atoms. The largest absolute Gasteiger partial charge is 0.466 e. The Bertz CT molecular complexity index is 1330. The van der Waals surface area contributed by atoms with Crippen molar-refractivity contribution in [2.45, 2.75) is 34.6 Å². The number of rotatable bonds is 4. The second-order valence-electron chi connectivity index (χ2n) is 7.14. The van der Waals surface area contributed by atoms with Gasteiger partial charge in [-0.3, -0.25) is 9.59 Å². The standard InChI is InChI=1S/C21H20N4O4S/c1-8-6-13(11(4)28-8)15-7-14(17-10(3)25-29-20(17)23-15)19(27)24-21-16(18(22)26)9(2)12(5)30-21/h6-7H,1-5H3,(H2,22,26)(H,24,27). The zero-order valence-electron chi connectivity index (χ0n) is 17.2. The number of anilines is 1. The van der Waals surface area contributed by atoms with Crippen LogP contribution < -0.4 is 11.1 Å². The number of hydrogen-bond acceptors (Lipinski definition) is 7. The summed E-state index contributed by atoms with van der Waals surface area (Å²) in [5, 5.41) is 7.72. The fourth-order valence-electron chi connectivity index (χ4n) is 3.48. The number of nitrogens with two attached hydrogens (primary N) is 1. The number of aryl methyl sites for hydroxylation is 4. The first-order valence-corrected chi connectivity index (χ1v) is 10.0. The Balaban J connectivity index is 1.85. The number of carbonyl (C=O) groups is 2. The summed E-state index contributed by atoms with van der Waals surface area (Å²) in [4.78, 5) is 30.6. The van der Waals surface area contributed by atoms with Gasteiger partial charge >= 0.3 is 0 Å². The Labute approximate surface area is 176 Å². The number of amides is 2. The molecular weight excluding hydrogens is 404 g/mol. The maximum Gasteiger partial charge on any atom is 0.259 e. The van der Waals surface area contributed by atoms with Crippen LogP contribution in [0.3, 0.4) is 0 Å². The first kappa shape index (κ1) is 19.8. The third-order valence-electron chi connectivity index (χ3n) is 5.04. The van der Waals surface area contributed by atoms with Crippen LogP contribution in [0.4, 0.5) is 5.00 Å². The van der Waals surface area contributed by atoms with E-state index in [4.69, 9.17) is 14.7 Å². The van der Waals surface area contributed by atoms with Gasteiger partial charge in [-0.05, 0) is 52.3 Å². The van der Waals surface area contributed by atoms with Crippen LogP contribution in [-0.2, 0) is 0 Å². The van der Waals surface area contributed by atoms with E-state index in [2.05, 4.69) is 15.5 Å². The highest BCUT2D eigenvalue weighted by Crippen LogP contribution is 2.34. The summed E-state index contributed by atoms with van der Waals surface area (Å²) in [5.41, 5.74) is 9.04. The van der Waals surface area contributed by atoms with Gasteiger partial charge in [0.15, 0.2) is 0 Å². The summed E-state index contributed by atoms with van der Waals surface area (Å²) in [7, 11) is 0. The molecule has 4 rings (SSSR count). The Morgan fingerprint density at radius 3 is 2.50 bits per heavy atom. The van der Waals surface area contributed by atoms with Crippen molar-refractivity contribution >= 4 is 39.3 Å². The van der Waals surface area contributed by atoms with Gasteiger partial charge in [0.05, 0.1) is 27.9 Å². The Morgan fingerprint density at radius 2 is 1.87 bits per heavy atom. The van der Waals surface area contributed by atoms with Gasteiger partial charge in [0.2, 0.25) is 0 Å². The lowest BCUT2D eigenvalue weighted by molar-refractivity contribution is 0.100. The minimum Gasteiger partial charge on any atom is -0.466 e. The van der Waals surface area contributed by atoms with Gasteiger partial charge in [-0.25, -0.2) is 4.98 Å². The highest BCUT2D eigenvalue weighted by atomic mass is 32.1. The van der Waals surface area contributed by atoms with Gasteiger partial charge in [-0.2, -0.15) is 0 Å². The van der Waals surface area contributed by atoms with Crippen LogP contribution in [0.2, 0.25) is 0 Å². The molecule has 0 aromatic carbocycles. The van der Waals surface area contributed by atoms with Crippen LogP contribution in [0.1, 0.15) is 48.4 Å². The van der Waals surface area contributed by atoms with E-state index in [0.29, 0.717) is 38.7 Å². The van der Waals surface area contributed by atoms with Gasteiger partial charge in [-0.15, -0.1) is 11.3 Å². The van der Waals surface area contributed by atoms with Crippen LogP contribution >= 0.6 is 11.3 Å². The van der Waals surface area contributed by atoms with Crippen molar-refractivity contribution in [3.8, 4) is 11.3 Å². The highest BCUT2D eigenvalue weighted by Gasteiger charge is 2.24. The van der Waals surface area contributed by atoms with Crippen molar-refractivity contribution in [3.63, 3.8) is 0 Å². The van der Waals surface area contributed by atoms with Crippen molar-refractivity contribution in [2.75, 3.05) is 5.32 Å². The quantitative estimate of drug-likeness (QED) is 0.499. The number of hydrogen-bond donors (Lipinski definition) is 2. The molecule has 2 amide bonds. The molecule has 0 saturated heterocycles. The van der Waals surface area contributed by atoms with Crippen molar-refractivity contribution in [1.29, 1.82) is 0 Å². The summed E-state index contributed by atoms with van der Waals surface area (Å²) >= 11 is 1.31. The highest BCUT2D eigenvalue weighted by molar-refractivity contribution is 7.16. The number of nitrogens with one attached hydrogen (secondary N) is 1. The second kappa shape index (κ2) is 7.10. The van der Waals surface area contributed by atoms with Crippen molar-refractivity contribution in [3.05, 3.63) is 50.9 Å². The molecule has 4 aromatic heterocycles. The van der Waals surface area contributed by atoms with E-state index in [1.165, 1.54) is 11.3 Å². The van der Waals surface area contributed by atoms with Gasteiger partial charge < -0.3 is 20.0 Å². The number of primary amides is 1. The van der Waals surface area contributed by atoms with Crippen LogP contribution in [0.25, 0.3) is 22.4 Å². The molecule has 0 spiro atoms. The summed E-state index contributed by atoms with van der Waals surface area (Å²) in [6.45, 7) is 9.09. The van der Waals surface area contributed by atoms with E-state index in [1.54, 1.807) is 19.9 Å². The number of carbonyl (C=O) groups excluding carboxylic acids is 2. The fraction of sp³-hybridized carbons (Fsp3) is 0.238. The third-order valence-corrected chi connectivity index (χ3v) is 6.16. The molecule has 30 heavy (non-hydrogen) atoms. The number of pyridine rings is 1. The number of aromatic nitrogens is 2.